The van der Waals surface area contributed by atoms with Crippen molar-refractivity contribution in [2.45, 2.75) is 83.1 Å². The van der Waals surface area contributed by atoms with E-state index in [1.807, 2.05) is 17.2 Å². The molecule has 0 atom stereocenters. The second kappa shape index (κ2) is 16.1. The summed E-state index contributed by atoms with van der Waals surface area (Å²) in [6.45, 7) is 8.34. The van der Waals surface area contributed by atoms with Crippen molar-refractivity contribution in [3.8, 4) is 18.1 Å². The predicted molar refractivity (Wildman–Crippen MR) is 175 cm³/mol. The number of unbranched alkanes of at least 4 members (excludes halogenated alkanes) is 2. The fourth-order valence-electron chi connectivity index (χ4n) is 5.73. The van der Waals surface area contributed by atoms with Gasteiger partial charge in [0.1, 0.15) is 5.75 Å². The van der Waals surface area contributed by atoms with E-state index >= 15 is 0 Å². The summed E-state index contributed by atoms with van der Waals surface area (Å²) in [5.41, 5.74) is 4.75. The van der Waals surface area contributed by atoms with E-state index in [4.69, 9.17) is 11.2 Å². The maximum Gasteiger partial charge on any atom is 0.245 e. The van der Waals surface area contributed by atoms with Crippen molar-refractivity contribution in [2.75, 3.05) is 26.2 Å². The maximum atomic E-state index is 12.6. The Balaban J connectivity index is 1.20. The highest BCUT2D eigenvalue weighted by molar-refractivity contribution is 5.84. The molecule has 3 aromatic rings. The Labute approximate surface area is 256 Å². The summed E-state index contributed by atoms with van der Waals surface area (Å²) >= 11 is 0. The maximum absolute atomic E-state index is 12.6. The first-order chi connectivity index (χ1) is 21.0. The van der Waals surface area contributed by atoms with Gasteiger partial charge in [-0.2, -0.15) is 0 Å². The van der Waals surface area contributed by atoms with Gasteiger partial charge in [0.2, 0.25) is 11.8 Å². The molecule has 0 aliphatic heterocycles. The number of H-pyrrole nitrogens is 1. The number of nitrogens with one attached hydrogen (secondary N) is 2. The number of nitrogens with zero attached hydrogens (tertiary/aromatic N) is 2. The number of aromatic nitrogens is 1. The minimum Gasteiger partial charge on any atom is -0.494 e. The number of aryl methyl sites for hydroxylation is 1. The number of rotatable bonds is 19. The van der Waals surface area contributed by atoms with Crippen molar-refractivity contribution in [3.63, 3.8) is 0 Å². The van der Waals surface area contributed by atoms with E-state index < -0.39 is 0 Å². The topological polar surface area (TPSA) is 86.8 Å². The number of hydrogen-bond acceptors (Lipinski definition) is 4. The molecule has 2 aromatic carbocycles. The molecular formula is C36H46N4O3. The smallest absolute Gasteiger partial charge is 0.245 e. The number of terminal acetylenes is 1. The van der Waals surface area contributed by atoms with Crippen LogP contribution in [0.3, 0.4) is 0 Å². The SMILES string of the molecule is C#Cc1cccc(C2(NCCCCc3cc(OCCCCN(CCC)C(=O)CCCC(=O)N=C)cc4[nH]ccc34)CC2)c1. The highest BCUT2D eigenvalue weighted by Gasteiger charge is 2.43. The second-order valence-electron chi connectivity index (χ2n) is 11.6. The van der Waals surface area contributed by atoms with Gasteiger partial charge in [0.15, 0.2) is 0 Å². The lowest BCUT2D eigenvalue weighted by molar-refractivity contribution is -0.131. The largest absolute Gasteiger partial charge is 0.494 e. The Morgan fingerprint density at radius 3 is 2.72 bits per heavy atom. The zero-order valence-corrected chi connectivity index (χ0v) is 25.6. The summed E-state index contributed by atoms with van der Waals surface area (Å²) in [6.07, 6.45) is 16.9. The third-order valence-electron chi connectivity index (χ3n) is 8.29. The van der Waals surface area contributed by atoms with Gasteiger partial charge >= 0.3 is 0 Å². The van der Waals surface area contributed by atoms with Crippen molar-refractivity contribution in [3.05, 3.63) is 65.4 Å². The monoisotopic (exact) mass is 582 g/mol. The Kier molecular flexibility index (Phi) is 12.0. The van der Waals surface area contributed by atoms with E-state index in [2.05, 4.69) is 71.3 Å². The molecule has 1 aromatic heterocycles. The van der Waals surface area contributed by atoms with E-state index in [-0.39, 0.29) is 23.8 Å². The summed E-state index contributed by atoms with van der Waals surface area (Å²) < 4.78 is 6.17. The van der Waals surface area contributed by atoms with Gasteiger partial charge in [-0.25, -0.2) is 4.99 Å². The zero-order valence-electron chi connectivity index (χ0n) is 25.6. The van der Waals surface area contributed by atoms with Crippen molar-refractivity contribution in [1.82, 2.24) is 15.2 Å². The molecule has 2 N–H and O–H groups in total. The average Bonchev–Trinajstić information content (AvgIpc) is 3.67. The molecule has 4 rings (SSSR count). The van der Waals surface area contributed by atoms with Crippen LogP contribution in [0.4, 0.5) is 0 Å². The standard InChI is InChI=1S/C36H46N4O3/c1-4-22-40(35(42)16-11-15-34(41)37-3)23-8-9-24-43-31-26-29(32-17-21-38-33(32)27-31)13-6-7-20-39-36(18-19-36)30-14-10-12-28(5-2)25-30/h2,10,12,14,17,21,25-27,38-39H,3-4,6-9,11,13,15-16,18-20,22-24H2,1H3. The van der Waals surface area contributed by atoms with Gasteiger partial charge in [-0.1, -0.05) is 25.0 Å². The lowest BCUT2D eigenvalue weighted by Gasteiger charge is -2.22. The average molecular weight is 583 g/mol. The van der Waals surface area contributed by atoms with Gasteiger partial charge in [0, 0.05) is 60.2 Å². The molecule has 1 aliphatic rings. The molecule has 1 aliphatic carbocycles. The fraction of sp³-hybridized carbons (Fsp3) is 0.472. The normalized spacial score (nSPS) is 13.4. The van der Waals surface area contributed by atoms with Crippen molar-refractivity contribution < 1.29 is 14.3 Å². The molecule has 0 radical (unpaired) electrons. The zero-order chi connectivity index (χ0) is 30.5. The van der Waals surface area contributed by atoms with Gasteiger partial charge in [0.25, 0.3) is 0 Å². The molecule has 0 saturated heterocycles. The number of benzene rings is 2. The third-order valence-corrected chi connectivity index (χ3v) is 8.29. The predicted octanol–water partition coefficient (Wildman–Crippen LogP) is 6.55. The van der Waals surface area contributed by atoms with Crippen LogP contribution in [0.1, 0.15) is 87.8 Å². The number of fused-ring (bicyclic) bond motifs is 1. The fourth-order valence-corrected chi connectivity index (χ4v) is 5.73. The van der Waals surface area contributed by atoms with Crippen LogP contribution in [-0.2, 0) is 21.5 Å². The minimum atomic E-state index is -0.255. The minimum absolute atomic E-state index is 0.0962. The number of ether oxygens (including phenoxy) is 1. The van der Waals surface area contributed by atoms with E-state index in [0.29, 0.717) is 26.0 Å². The van der Waals surface area contributed by atoms with Gasteiger partial charge in [-0.05, 0) is 106 Å². The van der Waals surface area contributed by atoms with E-state index in [0.717, 1.165) is 81.3 Å². The van der Waals surface area contributed by atoms with Crippen molar-refractivity contribution in [2.24, 2.45) is 4.99 Å². The highest BCUT2D eigenvalue weighted by Crippen LogP contribution is 2.45. The van der Waals surface area contributed by atoms with Crippen LogP contribution in [0, 0.1) is 12.3 Å². The number of hydrogen-bond donors (Lipinski definition) is 2. The molecule has 0 bridgehead atoms. The van der Waals surface area contributed by atoms with Gasteiger partial charge in [-0.3, -0.25) is 9.59 Å². The quantitative estimate of drug-likeness (QED) is 0.0954. The van der Waals surface area contributed by atoms with Crippen LogP contribution in [0.2, 0.25) is 0 Å². The lowest BCUT2D eigenvalue weighted by atomic mass is 10.0. The van der Waals surface area contributed by atoms with Gasteiger partial charge in [0.05, 0.1) is 6.61 Å². The molecule has 2 amide bonds. The first-order valence-electron chi connectivity index (χ1n) is 15.8. The molecule has 0 spiro atoms. The van der Waals surface area contributed by atoms with E-state index in [1.54, 1.807) is 0 Å². The summed E-state index contributed by atoms with van der Waals surface area (Å²) in [5, 5.41) is 5.06. The van der Waals surface area contributed by atoms with Crippen LogP contribution < -0.4 is 10.1 Å². The van der Waals surface area contributed by atoms with Crippen LogP contribution in [0.15, 0.2) is 53.7 Å². The van der Waals surface area contributed by atoms with Crippen LogP contribution in [0.25, 0.3) is 10.9 Å². The number of aliphatic imine (C=N–C) groups is 1. The first kappa shape index (κ1) is 32.0. The highest BCUT2D eigenvalue weighted by atomic mass is 16.5. The Morgan fingerprint density at radius 1 is 1.09 bits per heavy atom. The second-order valence-corrected chi connectivity index (χ2v) is 11.6. The number of carbonyl (C=O) groups excluding carboxylic acids is 2. The number of amides is 2. The summed E-state index contributed by atoms with van der Waals surface area (Å²) in [6, 6.07) is 14.8. The summed E-state index contributed by atoms with van der Waals surface area (Å²) in [7, 11) is 0. The van der Waals surface area contributed by atoms with E-state index in [9.17, 15) is 9.59 Å². The first-order valence-corrected chi connectivity index (χ1v) is 15.8. The summed E-state index contributed by atoms with van der Waals surface area (Å²) in [4.78, 5) is 32.6. The van der Waals surface area contributed by atoms with Crippen LogP contribution in [0.5, 0.6) is 5.75 Å². The molecule has 0 unspecified atom stereocenters. The Morgan fingerprint density at radius 2 is 1.95 bits per heavy atom. The van der Waals surface area contributed by atoms with Crippen LogP contribution in [-0.4, -0.2) is 54.7 Å². The molecular weight excluding hydrogens is 536 g/mol. The molecule has 228 valence electrons. The van der Waals surface area contributed by atoms with Crippen molar-refractivity contribution >= 4 is 29.4 Å². The Hall–Kier alpha value is -3.89. The molecule has 43 heavy (non-hydrogen) atoms. The Bertz CT molecular complexity index is 1420. The van der Waals surface area contributed by atoms with Crippen molar-refractivity contribution in [1.29, 1.82) is 0 Å². The number of carbonyl (C=O) groups is 2. The van der Waals surface area contributed by atoms with Gasteiger partial charge < -0.3 is 19.9 Å². The molecule has 1 heterocycles. The summed E-state index contributed by atoms with van der Waals surface area (Å²) in [5.74, 6) is 3.48. The van der Waals surface area contributed by atoms with Gasteiger partial charge in [-0.15, -0.1) is 6.42 Å². The van der Waals surface area contributed by atoms with E-state index in [1.165, 1.54) is 16.5 Å². The third kappa shape index (κ3) is 9.30. The number of aromatic amines is 1. The molecule has 1 fully saturated rings. The molecule has 1 saturated carbocycles. The van der Waals surface area contributed by atoms with Crippen LogP contribution >= 0.6 is 0 Å². The molecule has 7 heteroatoms. The molecule has 7 nitrogen and oxygen atoms in total. The lowest BCUT2D eigenvalue weighted by Crippen LogP contribution is -2.32.